The van der Waals surface area contributed by atoms with Crippen LogP contribution in [0.25, 0.3) is 10.8 Å². The zero-order valence-corrected chi connectivity index (χ0v) is 11.8. The number of nitro groups is 1. The van der Waals surface area contributed by atoms with Gasteiger partial charge in [-0.05, 0) is 29.0 Å². The van der Waals surface area contributed by atoms with Crippen LogP contribution in [0.3, 0.4) is 0 Å². The van der Waals surface area contributed by atoms with Crippen LogP contribution in [0.15, 0.2) is 60.7 Å². The number of rotatable bonds is 3. The summed E-state index contributed by atoms with van der Waals surface area (Å²) >= 11 is 0. The maximum atomic E-state index is 13.9. The van der Waals surface area contributed by atoms with Crippen LogP contribution in [-0.2, 0) is 0 Å². The Morgan fingerprint density at radius 1 is 1.00 bits per heavy atom. The van der Waals surface area contributed by atoms with Gasteiger partial charge in [0, 0.05) is 11.8 Å². The Kier molecular flexibility index (Phi) is 3.72. The molecule has 3 rings (SSSR count). The van der Waals surface area contributed by atoms with Gasteiger partial charge in [0.1, 0.15) is 5.82 Å². The molecule has 0 aromatic heterocycles. The summed E-state index contributed by atoms with van der Waals surface area (Å²) in [4.78, 5) is 22.0. The number of non-ortho nitro benzene ring substituents is 1. The number of hydrogen-bond acceptors (Lipinski definition) is 3. The first kappa shape index (κ1) is 14.6. The van der Waals surface area contributed by atoms with Crippen molar-refractivity contribution < 1.29 is 14.1 Å². The summed E-state index contributed by atoms with van der Waals surface area (Å²) in [7, 11) is 0. The number of anilines is 1. The molecule has 114 valence electrons. The summed E-state index contributed by atoms with van der Waals surface area (Å²) < 4.78 is 13.9. The smallest absolute Gasteiger partial charge is 0.272 e. The van der Waals surface area contributed by atoms with Crippen LogP contribution < -0.4 is 5.32 Å². The average Bonchev–Trinajstić information content (AvgIpc) is 2.54. The van der Waals surface area contributed by atoms with Crippen LogP contribution >= 0.6 is 0 Å². The highest BCUT2D eigenvalue weighted by molar-refractivity contribution is 6.05. The first-order valence-corrected chi connectivity index (χ1v) is 6.79. The summed E-state index contributed by atoms with van der Waals surface area (Å²) in [6.45, 7) is 0. The number of nitrogens with one attached hydrogen (secondary N) is 1. The quantitative estimate of drug-likeness (QED) is 0.583. The standard InChI is InChI=1S/C17H11FN2O3/c18-16-10-14(20(22)23)7-8-15(16)17(21)19-13-6-5-11-3-1-2-4-12(11)9-13/h1-10H,(H,19,21). The minimum Gasteiger partial charge on any atom is -0.322 e. The molecule has 0 fully saturated rings. The lowest BCUT2D eigenvalue weighted by atomic mass is 10.1. The fourth-order valence-corrected chi connectivity index (χ4v) is 2.27. The molecular formula is C17H11FN2O3. The van der Waals surface area contributed by atoms with Crippen molar-refractivity contribution >= 4 is 28.1 Å². The first-order chi connectivity index (χ1) is 11.0. The first-order valence-electron chi connectivity index (χ1n) is 6.79. The molecule has 1 N–H and O–H groups in total. The van der Waals surface area contributed by atoms with Gasteiger partial charge in [-0.3, -0.25) is 14.9 Å². The molecule has 0 saturated carbocycles. The Balaban J connectivity index is 1.87. The van der Waals surface area contributed by atoms with E-state index in [1.54, 1.807) is 12.1 Å². The second-order valence-corrected chi connectivity index (χ2v) is 4.94. The monoisotopic (exact) mass is 310 g/mol. The van der Waals surface area contributed by atoms with Gasteiger partial charge in [0.25, 0.3) is 11.6 Å². The Labute approximate surface area is 130 Å². The van der Waals surface area contributed by atoms with E-state index in [0.29, 0.717) is 5.69 Å². The van der Waals surface area contributed by atoms with E-state index in [9.17, 15) is 19.3 Å². The molecule has 0 unspecified atom stereocenters. The maximum Gasteiger partial charge on any atom is 0.272 e. The Morgan fingerprint density at radius 2 is 1.74 bits per heavy atom. The molecule has 23 heavy (non-hydrogen) atoms. The molecule has 0 saturated heterocycles. The molecule has 0 spiro atoms. The lowest BCUT2D eigenvalue weighted by molar-refractivity contribution is -0.385. The topological polar surface area (TPSA) is 72.2 Å². The maximum absolute atomic E-state index is 13.9. The van der Waals surface area contributed by atoms with E-state index in [2.05, 4.69) is 5.32 Å². The molecule has 1 amide bonds. The molecule has 0 heterocycles. The third-order valence-corrected chi connectivity index (χ3v) is 3.42. The van der Waals surface area contributed by atoms with E-state index in [1.807, 2.05) is 30.3 Å². The largest absolute Gasteiger partial charge is 0.322 e. The molecule has 3 aromatic rings. The number of amides is 1. The van der Waals surface area contributed by atoms with Crippen molar-refractivity contribution in [3.05, 3.63) is 82.2 Å². The third kappa shape index (κ3) is 3.01. The summed E-state index contributed by atoms with van der Waals surface area (Å²) in [5, 5.41) is 15.1. The van der Waals surface area contributed by atoms with Crippen molar-refractivity contribution in [2.75, 3.05) is 5.32 Å². The zero-order chi connectivity index (χ0) is 16.4. The van der Waals surface area contributed by atoms with Gasteiger partial charge >= 0.3 is 0 Å². The molecular weight excluding hydrogens is 299 g/mol. The van der Waals surface area contributed by atoms with Crippen molar-refractivity contribution in [2.45, 2.75) is 0 Å². The number of hydrogen-bond donors (Lipinski definition) is 1. The van der Waals surface area contributed by atoms with E-state index < -0.39 is 22.3 Å². The summed E-state index contributed by atoms with van der Waals surface area (Å²) in [6, 6.07) is 15.9. The Bertz CT molecular complexity index is 925. The van der Waals surface area contributed by atoms with E-state index in [4.69, 9.17) is 0 Å². The predicted octanol–water partition coefficient (Wildman–Crippen LogP) is 4.14. The number of benzene rings is 3. The second-order valence-electron chi connectivity index (χ2n) is 4.94. The van der Waals surface area contributed by atoms with Crippen LogP contribution in [0, 0.1) is 15.9 Å². The van der Waals surface area contributed by atoms with Gasteiger partial charge in [0.15, 0.2) is 0 Å². The molecule has 0 bridgehead atoms. The number of carbonyl (C=O) groups excluding carboxylic acids is 1. The second kappa shape index (κ2) is 5.84. The number of carbonyl (C=O) groups is 1. The van der Waals surface area contributed by atoms with Crippen molar-refractivity contribution in [2.24, 2.45) is 0 Å². The van der Waals surface area contributed by atoms with Crippen LogP contribution in [0.4, 0.5) is 15.8 Å². The fourth-order valence-electron chi connectivity index (χ4n) is 2.27. The van der Waals surface area contributed by atoms with Gasteiger partial charge in [0.05, 0.1) is 16.6 Å². The van der Waals surface area contributed by atoms with E-state index in [-0.39, 0.29) is 5.56 Å². The number of fused-ring (bicyclic) bond motifs is 1. The highest BCUT2D eigenvalue weighted by atomic mass is 19.1. The van der Waals surface area contributed by atoms with Gasteiger partial charge in [-0.15, -0.1) is 0 Å². The van der Waals surface area contributed by atoms with E-state index in [0.717, 1.165) is 29.0 Å². The Hall–Kier alpha value is -3.28. The molecule has 6 heteroatoms. The summed E-state index contributed by atoms with van der Waals surface area (Å²) in [5.41, 5.74) is -0.125. The lowest BCUT2D eigenvalue weighted by Gasteiger charge is -2.07. The van der Waals surface area contributed by atoms with Crippen molar-refractivity contribution in [3.8, 4) is 0 Å². The summed E-state index contributed by atoms with van der Waals surface area (Å²) in [5.74, 6) is -1.59. The van der Waals surface area contributed by atoms with Gasteiger partial charge in [-0.1, -0.05) is 30.3 Å². The predicted molar refractivity (Wildman–Crippen MR) is 85.0 cm³/mol. The molecule has 5 nitrogen and oxygen atoms in total. The minimum absolute atomic E-state index is 0.247. The number of nitrogens with zero attached hydrogens (tertiary/aromatic N) is 1. The van der Waals surface area contributed by atoms with Crippen molar-refractivity contribution in [1.29, 1.82) is 0 Å². The summed E-state index contributed by atoms with van der Waals surface area (Å²) in [6.07, 6.45) is 0. The van der Waals surface area contributed by atoms with Crippen LogP contribution in [0.1, 0.15) is 10.4 Å². The zero-order valence-electron chi connectivity index (χ0n) is 11.8. The highest BCUT2D eigenvalue weighted by Crippen LogP contribution is 2.21. The minimum atomic E-state index is -0.933. The fraction of sp³-hybridized carbons (Fsp3) is 0. The molecule has 0 aliphatic carbocycles. The number of halogens is 1. The van der Waals surface area contributed by atoms with Crippen LogP contribution in [-0.4, -0.2) is 10.8 Å². The molecule has 3 aromatic carbocycles. The Morgan fingerprint density at radius 3 is 2.43 bits per heavy atom. The van der Waals surface area contributed by atoms with E-state index >= 15 is 0 Å². The molecule has 0 radical (unpaired) electrons. The van der Waals surface area contributed by atoms with Crippen LogP contribution in [0.5, 0.6) is 0 Å². The SMILES string of the molecule is O=C(Nc1ccc2ccccc2c1)c1ccc([N+](=O)[O-])cc1F. The van der Waals surface area contributed by atoms with Crippen molar-refractivity contribution in [1.82, 2.24) is 0 Å². The highest BCUT2D eigenvalue weighted by Gasteiger charge is 2.16. The van der Waals surface area contributed by atoms with E-state index in [1.165, 1.54) is 0 Å². The average molecular weight is 310 g/mol. The van der Waals surface area contributed by atoms with Gasteiger partial charge in [-0.2, -0.15) is 0 Å². The molecule has 0 aliphatic rings. The van der Waals surface area contributed by atoms with Gasteiger partial charge in [0.2, 0.25) is 0 Å². The van der Waals surface area contributed by atoms with Crippen LogP contribution in [0.2, 0.25) is 0 Å². The lowest BCUT2D eigenvalue weighted by Crippen LogP contribution is -2.13. The molecule has 0 atom stereocenters. The van der Waals surface area contributed by atoms with Gasteiger partial charge in [-0.25, -0.2) is 4.39 Å². The normalized spacial score (nSPS) is 10.5. The number of nitro benzene ring substituents is 1. The van der Waals surface area contributed by atoms with Crippen molar-refractivity contribution in [3.63, 3.8) is 0 Å². The molecule has 0 aliphatic heterocycles. The third-order valence-electron chi connectivity index (χ3n) is 3.42. The van der Waals surface area contributed by atoms with Gasteiger partial charge < -0.3 is 5.32 Å².